The third-order valence-corrected chi connectivity index (χ3v) is 7.48. The molecule has 4 heterocycles. The van der Waals surface area contributed by atoms with Crippen molar-refractivity contribution in [2.45, 2.75) is 38.0 Å². The molecule has 0 spiro atoms. The first-order valence-electron chi connectivity index (χ1n) is 12.1. The zero-order valence-electron chi connectivity index (χ0n) is 19.0. The fourth-order valence-electron chi connectivity index (χ4n) is 5.46. The Bertz CT molecular complexity index is 988. The molecule has 32 heavy (non-hydrogen) atoms. The van der Waals surface area contributed by atoms with Crippen molar-refractivity contribution in [3.8, 4) is 0 Å². The molecule has 1 aromatic heterocycles. The Kier molecular flexibility index (Phi) is 6.15. The number of hydrogen-bond donors (Lipinski definition) is 2. The van der Waals surface area contributed by atoms with Gasteiger partial charge in [0.1, 0.15) is 0 Å². The number of hydrogen-bond acceptors (Lipinski definition) is 6. The minimum atomic E-state index is -0.353. The van der Waals surface area contributed by atoms with E-state index in [1.165, 1.54) is 44.6 Å². The fourth-order valence-corrected chi connectivity index (χ4v) is 5.46. The van der Waals surface area contributed by atoms with Gasteiger partial charge in [-0.2, -0.15) is 5.10 Å². The predicted octanol–water partition coefficient (Wildman–Crippen LogP) is 1.61. The van der Waals surface area contributed by atoms with Gasteiger partial charge in [0.05, 0.1) is 17.1 Å². The number of imide groups is 1. The highest BCUT2D eigenvalue weighted by atomic mass is 16.2. The highest BCUT2D eigenvalue weighted by molar-refractivity contribution is 6.02. The normalized spacial score (nSPS) is 23.7. The maximum absolute atomic E-state index is 12.4. The van der Waals surface area contributed by atoms with E-state index in [1.54, 1.807) is 0 Å². The second kappa shape index (κ2) is 9.19. The molecule has 3 aliphatic heterocycles. The van der Waals surface area contributed by atoms with E-state index in [0.717, 1.165) is 48.7 Å². The largest absolute Gasteiger partial charge is 0.371 e. The number of piperidine rings is 2. The average Bonchev–Trinajstić information content (AvgIpc) is 3.14. The van der Waals surface area contributed by atoms with Gasteiger partial charge < -0.3 is 15.1 Å². The van der Waals surface area contributed by atoms with Gasteiger partial charge in [0.25, 0.3) is 0 Å². The summed E-state index contributed by atoms with van der Waals surface area (Å²) >= 11 is 0. The number of benzene rings is 1. The van der Waals surface area contributed by atoms with Crippen molar-refractivity contribution >= 4 is 28.4 Å². The van der Waals surface area contributed by atoms with Crippen LogP contribution in [0, 0.1) is 5.92 Å². The molecule has 3 aliphatic rings. The first kappa shape index (κ1) is 21.4. The molecule has 2 aromatic rings. The maximum atomic E-state index is 12.4. The van der Waals surface area contributed by atoms with Crippen molar-refractivity contribution < 1.29 is 9.59 Å². The van der Waals surface area contributed by atoms with Crippen molar-refractivity contribution in [2.24, 2.45) is 13.0 Å². The number of nitrogens with zero attached hydrogens (tertiary/aromatic N) is 4. The molecular formula is C24H34N6O2. The van der Waals surface area contributed by atoms with Crippen LogP contribution in [0.25, 0.3) is 10.9 Å². The molecule has 0 saturated carbocycles. The van der Waals surface area contributed by atoms with E-state index < -0.39 is 0 Å². The molecule has 1 unspecified atom stereocenters. The number of anilines is 1. The van der Waals surface area contributed by atoms with Crippen LogP contribution in [0.4, 0.5) is 5.69 Å². The third-order valence-electron chi connectivity index (χ3n) is 7.48. The summed E-state index contributed by atoms with van der Waals surface area (Å²) in [5, 5.41) is 11.6. The lowest BCUT2D eigenvalue weighted by molar-refractivity contribution is -0.134. The third kappa shape index (κ3) is 4.38. The van der Waals surface area contributed by atoms with E-state index >= 15 is 0 Å². The Morgan fingerprint density at radius 1 is 1.06 bits per heavy atom. The molecule has 2 amide bonds. The van der Waals surface area contributed by atoms with Crippen LogP contribution in [-0.2, 0) is 16.6 Å². The number of fused-ring (bicyclic) bond motifs is 1. The Hall–Kier alpha value is -2.45. The molecule has 172 valence electrons. The summed E-state index contributed by atoms with van der Waals surface area (Å²) in [5.74, 6) is 0.0488. The van der Waals surface area contributed by atoms with E-state index in [1.807, 2.05) is 11.7 Å². The molecule has 5 rings (SSSR count). The Morgan fingerprint density at radius 3 is 2.59 bits per heavy atom. The highest BCUT2D eigenvalue weighted by Gasteiger charge is 2.31. The summed E-state index contributed by atoms with van der Waals surface area (Å²) in [4.78, 5) is 29.0. The van der Waals surface area contributed by atoms with Crippen LogP contribution in [0.2, 0.25) is 0 Å². The summed E-state index contributed by atoms with van der Waals surface area (Å²) in [5.41, 5.74) is 3.06. The van der Waals surface area contributed by atoms with E-state index in [9.17, 15) is 9.59 Å². The van der Waals surface area contributed by atoms with Crippen molar-refractivity contribution in [3.05, 3.63) is 23.9 Å². The van der Waals surface area contributed by atoms with Gasteiger partial charge in [0, 0.05) is 63.8 Å². The minimum absolute atomic E-state index is 0.190. The van der Waals surface area contributed by atoms with Gasteiger partial charge in [0.15, 0.2) is 0 Å². The van der Waals surface area contributed by atoms with Crippen LogP contribution < -0.4 is 15.5 Å². The molecule has 0 aliphatic carbocycles. The van der Waals surface area contributed by atoms with Crippen LogP contribution in [-0.4, -0.2) is 72.3 Å². The van der Waals surface area contributed by atoms with E-state index in [4.69, 9.17) is 0 Å². The number of nitrogens with one attached hydrogen (secondary N) is 2. The van der Waals surface area contributed by atoms with Gasteiger partial charge in [-0.05, 0) is 56.3 Å². The minimum Gasteiger partial charge on any atom is -0.371 e. The number of aromatic nitrogens is 2. The average molecular weight is 439 g/mol. The number of aryl methyl sites for hydroxylation is 1. The second-order valence-electron chi connectivity index (χ2n) is 9.52. The molecule has 0 bridgehead atoms. The van der Waals surface area contributed by atoms with Crippen molar-refractivity contribution in [1.29, 1.82) is 0 Å². The smallest absolute Gasteiger partial charge is 0.235 e. The summed E-state index contributed by atoms with van der Waals surface area (Å²) in [6.45, 7) is 8.04. The van der Waals surface area contributed by atoms with Gasteiger partial charge in [-0.1, -0.05) is 0 Å². The van der Waals surface area contributed by atoms with Gasteiger partial charge in [-0.3, -0.25) is 19.6 Å². The number of rotatable bonds is 5. The molecule has 1 atom stereocenters. The lowest BCUT2D eigenvalue weighted by Gasteiger charge is -2.35. The van der Waals surface area contributed by atoms with Crippen LogP contribution in [0.3, 0.4) is 0 Å². The van der Waals surface area contributed by atoms with Crippen LogP contribution >= 0.6 is 0 Å². The standard InChI is InChI=1S/C24H34N6O2/c1-28-21-16-18(2-3-19(21)23(27-28)20-4-5-22(31)26-24(20)32)30-12-7-17(8-13-30)6-11-29-14-9-25-10-15-29/h2-3,16-17,20,25H,4-15H2,1H3,(H,26,31,32). The molecule has 3 saturated heterocycles. The van der Waals surface area contributed by atoms with E-state index in [0.29, 0.717) is 12.8 Å². The number of carbonyl (C=O) groups is 2. The van der Waals surface area contributed by atoms with E-state index in [2.05, 4.69) is 43.7 Å². The zero-order valence-corrected chi connectivity index (χ0v) is 19.0. The molecule has 8 heteroatoms. The number of amides is 2. The molecule has 2 N–H and O–H groups in total. The summed E-state index contributed by atoms with van der Waals surface area (Å²) in [6, 6.07) is 6.48. The maximum Gasteiger partial charge on any atom is 0.235 e. The quantitative estimate of drug-likeness (QED) is 0.691. The summed E-state index contributed by atoms with van der Waals surface area (Å²) in [6.07, 6.45) is 4.70. The Morgan fingerprint density at radius 2 is 1.84 bits per heavy atom. The second-order valence-corrected chi connectivity index (χ2v) is 9.52. The van der Waals surface area contributed by atoms with E-state index in [-0.39, 0.29) is 17.7 Å². The SMILES string of the molecule is Cn1nc(C2CCC(=O)NC2=O)c2ccc(N3CCC(CCN4CCNCC4)CC3)cc21. The highest BCUT2D eigenvalue weighted by Crippen LogP contribution is 2.33. The fraction of sp³-hybridized carbons (Fsp3) is 0.625. The first-order chi connectivity index (χ1) is 15.6. The van der Waals surface area contributed by atoms with Gasteiger partial charge in [0.2, 0.25) is 11.8 Å². The lowest BCUT2D eigenvalue weighted by atomic mass is 9.92. The Balaban J connectivity index is 1.23. The lowest BCUT2D eigenvalue weighted by Crippen LogP contribution is -2.44. The Labute approximate surface area is 189 Å². The van der Waals surface area contributed by atoms with Crippen LogP contribution in [0.5, 0.6) is 0 Å². The van der Waals surface area contributed by atoms with Gasteiger partial charge in [-0.25, -0.2) is 0 Å². The monoisotopic (exact) mass is 438 g/mol. The van der Waals surface area contributed by atoms with Crippen LogP contribution in [0.15, 0.2) is 18.2 Å². The molecule has 8 nitrogen and oxygen atoms in total. The van der Waals surface area contributed by atoms with Crippen LogP contribution in [0.1, 0.15) is 43.7 Å². The molecular weight excluding hydrogens is 404 g/mol. The summed E-state index contributed by atoms with van der Waals surface area (Å²) in [7, 11) is 1.93. The predicted molar refractivity (Wildman–Crippen MR) is 125 cm³/mol. The topological polar surface area (TPSA) is 82.5 Å². The molecule has 1 aromatic carbocycles. The van der Waals surface area contributed by atoms with Crippen molar-refractivity contribution in [1.82, 2.24) is 25.3 Å². The van der Waals surface area contributed by atoms with Crippen molar-refractivity contribution in [3.63, 3.8) is 0 Å². The molecule has 3 fully saturated rings. The van der Waals surface area contributed by atoms with Gasteiger partial charge >= 0.3 is 0 Å². The number of carbonyl (C=O) groups excluding carboxylic acids is 2. The van der Waals surface area contributed by atoms with Crippen molar-refractivity contribution in [2.75, 3.05) is 50.7 Å². The zero-order chi connectivity index (χ0) is 22.1. The number of piperazine rings is 1. The van der Waals surface area contributed by atoms with Gasteiger partial charge in [-0.15, -0.1) is 0 Å². The molecule has 0 radical (unpaired) electrons. The summed E-state index contributed by atoms with van der Waals surface area (Å²) < 4.78 is 1.87. The first-order valence-corrected chi connectivity index (χ1v) is 12.1.